The van der Waals surface area contributed by atoms with E-state index in [1.807, 2.05) is 0 Å². The minimum Gasteiger partial charge on any atom is -0.297 e. The Hall–Kier alpha value is -1.92. The number of halogens is 3. The Morgan fingerprint density at radius 1 is 1.35 bits per heavy atom. The third kappa shape index (κ3) is 3.86. The van der Waals surface area contributed by atoms with E-state index >= 15 is 0 Å². The van der Waals surface area contributed by atoms with Crippen molar-refractivity contribution in [2.24, 2.45) is 4.99 Å². The van der Waals surface area contributed by atoms with Crippen molar-refractivity contribution in [3.05, 3.63) is 29.9 Å². The minimum atomic E-state index is -4.53. The van der Waals surface area contributed by atoms with Crippen LogP contribution in [0.4, 0.5) is 13.2 Å². The van der Waals surface area contributed by atoms with Gasteiger partial charge in [-0.2, -0.15) is 13.2 Å². The van der Waals surface area contributed by atoms with Crippen molar-refractivity contribution in [1.29, 1.82) is 0 Å². The molecule has 0 aliphatic rings. The molecule has 0 aliphatic carbocycles. The Labute approximate surface area is 96.0 Å². The van der Waals surface area contributed by atoms with Gasteiger partial charge in [0.05, 0.1) is 0 Å². The summed E-state index contributed by atoms with van der Waals surface area (Å²) in [7, 11) is 1.62. The maximum Gasteiger partial charge on any atom is 0.453 e. The smallest absolute Gasteiger partial charge is 0.297 e. The summed E-state index contributed by atoms with van der Waals surface area (Å²) in [6.45, 7) is 1.63. The highest BCUT2D eigenvalue weighted by molar-refractivity contribution is 5.72. The van der Waals surface area contributed by atoms with E-state index in [9.17, 15) is 13.2 Å². The molecule has 0 spiro atoms. The van der Waals surface area contributed by atoms with Crippen LogP contribution in [-0.2, 0) is 6.18 Å². The van der Waals surface area contributed by atoms with Crippen LogP contribution in [0.1, 0.15) is 18.6 Å². The zero-order chi connectivity index (χ0) is 12.9. The van der Waals surface area contributed by atoms with E-state index in [4.69, 9.17) is 0 Å². The number of aromatic nitrogens is 3. The van der Waals surface area contributed by atoms with Gasteiger partial charge in [0.1, 0.15) is 0 Å². The molecule has 0 atom stereocenters. The van der Waals surface area contributed by atoms with E-state index in [1.54, 1.807) is 38.4 Å². The van der Waals surface area contributed by atoms with Crippen molar-refractivity contribution in [2.75, 3.05) is 7.05 Å². The van der Waals surface area contributed by atoms with Crippen LogP contribution in [0.25, 0.3) is 5.57 Å². The normalized spacial score (nSPS) is 14.1. The fraction of sp³-hybridized carbons (Fsp3) is 0.300. The van der Waals surface area contributed by atoms with Crippen molar-refractivity contribution in [3.63, 3.8) is 0 Å². The molecule has 0 saturated heterocycles. The predicted octanol–water partition coefficient (Wildman–Crippen LogP) is 2.48. The third-order valence-corrected chi connectivity index (χ3v) is 1.80. The summed E-state index contributed by atoms with van der Waals surface area (Å²) in [5, 5.41) is 5.34. The largest absolute Gasteiger partial charge is 0.453 e. The van der Waals surface area contributed by atoms with E-state index in [-0.39, 0.29) is 5.82 Å². The number of hydrogen-bond acceptors (Lipinski definition) is 3. The molecule has 0 aliphatic heterocycles. The number of aliphatic imine (C=N–C) groups is 1. The molecule has 1 N–H and O–H groups in total. The number of hydrogen-bond donors (Lipinski definition) is 1. The van der Waals surface area contributed by atoms with Crippen LogP contribution in [0, 0.1) is 0 Å². The molecular formula is C10H11F3N4. The lowest BCUT2D eigenvalue weighted by Gasteiger charge is -1.97. The van der Waals surface area contributed by atoms with Gasteiger partial charge in [0.25, 0.3) is 5.82 Å². The Balaban J connectivity index is 2.83. The van der Waals surface area contributed by atoms with Gasteiger partial charge in [-0.25, -0.2) is 4.98 Å². The SMILES string of the molecule is C/N=C/C=C\C=C(/C)c1nc(C(F)(F)F)n[nH]1. The molecule has 1 rings (SSSR count). The van der Waals surface area contributed by atoms with E-state index in [2.05, 4.69) is 20.2 Å². The van der Waals surface area contributed by atoms with Gasteiger partial charge in [-0.3, -0.25) is 10.1 Å². The highest BCUT2D eigenvalue weighted by atomic mass is 19.4. The first-order valence-corrected chi connectivity index (χ1v) is 4.71. The number of nitrogens with one attached hydrogen (secondary N) is 1. The predicted molar refractivity (Wildman–Crippen MR) is 58.6 cm³/mol. The molecule has 0 amide bonds. The van der Waals surface area contributed by atoms with Gasteiger partial charge in [-0.1, -0.05) is 12.2 Å². The second-order valence-corrected chi connectivity index (χ2v) is 3.15. The van der Waals surface area contributed by atoms with Crippen molar-refractivity contribution in [3.8, 4) is 0 Å². The number of aromatic amines is 1. The molecule has 4 nitrogen and oxygen atoms in total. The first-order chi connectivity index (χ1) is 7.95. The third-order valence-electron chi connectivity index (χ3n) is 1.80. The van der Waals surface area contributed by atoms with Crippen LogP contribution < -0.4 is 0 Å². The molecular weight excluding hydrogens is 233 g/mol. The van der Waals surface area contributed by atoms with Gasteiger partial charge in [0.2, 0.25) is 0 Å². The summed E-state index contributed by atoms with van der Waals surface area (Å²) in [5.74, 6) is -1.07. The summed E-state index contributed by atoms with van der Waals surface area (Å²) >= 11 is 0. The fourth-order valence-electron chi connectivity index (χ4n) is 0.980. The van der Waals surface area contributed by atoms with Gasteiger partial charge >= 0.3 is 6.18 Å². The minimum absolute atomic E-state index is 0.0930. The Kier molecular flexibility index (Phi) is 4.19. The highest BCUT2D eigenvalue weighted by Crippen LogP contribution is 2.26. The number of allylic oxidation sites excluding steroid dienone is 4. The molecule has 7 heteroatoms. The number of nitrogens with zero attached hydrogens (tertiary/aromatic N) is 3. The van der Waals surface area contributed by atoms with Crippen molar-refractivity contribution in [2.45, 2.75) is 13.1 Å². The van der Waals surface area contributed by atoms with Gasteiger partial charge in [0.15, 0.2) is 5.82 Å². The molecule has 17 heavy (non-hydrogen) atoms. The summed E-state index contributed by atoms with van der Waals surface area (Å²) in [6, 6.07) is 0. The van der Waals surface area contributed by atoms with Crippen LogP contribution in [0.15, 0.2) is 23.2 Å². The summed E-state index contributed by atoms with van der Waals surface area (Å²) in [6.07, 6.45) is 1.95. The highest BCUT2D eigenvalue weighted by Gasteiger charge is 2.36. The topological polar surface area (TPSA) is 53.9 Å². The Bertz CT molecular complexity index is 454. The van der Waals surface area contributed by atoms with E-state index < -0.39 is 12.0 Å². The summed E-state index contributed by atoms with van der Waals surface area (Å²) in [5.41, 5.74) is 0.550. The maximum atomic E-state index is 12.2. The van der Waals surface area contributed by atoms with Gasteiger partial charge in [-0.05, 0) is 18.6 Å². The van der Waals surface area contributed by atoms with Crippen molar-refractivity contribution in [1.82, 2.24) is 15.2 Å². The van der Waals surface area contributed by atoms with Crippen LogP contribution in [0.2, 0.25) is 0 Å². The van der Waals surface area contributed by atoms with Crippen LogP contribution in [-0.4, -0.2) is 28.4 Å². The number of rotatable bonds is 3. The second kappa shape index (κ2) is 5.42. The van der Waals surface area contributed by atoms with Gasteiger partial charge in [-0.15, -0.1) is 5.10 Å². The summed E-state index contributed by atoms with van der Waals surface area (Å²) < 4.78 is 36.7. The number of alkyl halides is 3. The zero-order valence-electron chi connectivity index (χ0n) is 9.28. The van der Waals surface area contributed by atoms with Gasteiger partial charge in [0, 0.05) is 13.3 Å². The average molecular weight is 244 g/mol. The molecule has 0 fully saturated rings. The molecule has 92 valence electrons. The van der Waals surface area contributed by atoms with Crippen molar-refractivity contribution < 1.29 is 13.2 Å². The quantitative estimate of drug-likeness (QED) is 0.656. The lowest BCUT2D eigenvalue weighted by Crippen LogP contribution is -2.07. The molecule has 0 unspecified atom stereocenters. The van der Waals surface area contributed by atoms with Crippen LogP contribution >= 0.6 is 0 Å². The molecule has 0 aromatic carbocycles. The summed E-state index contributed by atoms with van der Waals surface area (Å²) in [4.78, 5) is 7.07. The monoisotopic (exact) mass is 244 g/mol. The molecule has 1 aromatic heterocycles. The molecule has 1 heterocycles. The fourth-order valence-corrected chi connectivity index (χ4v) is 0.980. The Morgan fingerprint density at radius 3 is 2.59 bits per heavy atom. The molecule has 0 radical (unpaired) electrons. The van der Waals surface area contributed by atoms with E-state index in [0.717, 1.165) is 0 Å². The standard InChI is InChI=1S/C10H11F3N4/c1-7(5-3-4-6-14-2)8-15-9(17-16-8)10(11,12)13/h3-6H,1-2H3,(H,15,16,17)/b4-3-,7-5+,14-6+. The second-order valence-electron chi connectivity index (χ2n) is 3.15. The maximum absolute atomic E-state index is 12.2. The average Bonchev–Trinajstić information content (AvgIpc) is 2.72. The molecule has 0 bridgehead atoms. The van der Waals surface area contributed by atoms with Gasteiger partial charge < -0.3 is 0 Å². The van der Waals surface area contributed by atoms with E-state index in [1.165, 1.54) is 0 Å². The first-order valence-electron chi connectivity index (χ1n) is 4.71. The van der Waals surface area contributed by atoms with Crippen LogP contribution in [0.3, 0.4) is 0 Å². The lowest BCUT2D eigenvalue weighted by molar-refractivity contribution is -0.144. The Morgan fingerprint density at radius 2 is 2.06 bits per heavy atom. The van der Waals surface area contributed by atoms with Crippen molar-refractivity contribution >= 4 is 11.8 Å². The zero-order valence-corrected chi connectivity index (χ0v) is 9.28. The molecule has 0 saturated carbocycles. The number of H-pyrrole nitrogens is 1. The van der Waals surface area contributed by atoms with Crippen LogP contribution in [0.5, 0.6) is 0 Å². The first kappa shape index (κ1) is 13.1. The van der Waals surface area contributed by atoms with E-state index in [0.29, 0.717) is 5.57 Å². The lowest BCUT2D eigenvalue weighted by atomic mass is 10.2. The molecule has 1 aromatic rings.